The lowest BCUT2D eigenvalue weighted by molar-refractivity contribution is 0.340. The summed E-state index contributed by atoms with van der Waals surface area (Å²) in [5.74, 6) is 1.51. The van der Waals surface area contributed by atoms with Crippen LogP contribution < -0.4 is 4.74 Å². The Kier molecular flexibility index (Phi) is 4.41. The third-order valence-corrected chi connectivity index (χ3v) is 2.43. The van der Waals surface area contributed by atoms with Crippen molar-refractivity contribution in [1.29, 1.82) is 0 Å². The molecule has 0 saturated carbocycles. The van der Waals surface area contributed by atoms with Crippen LogP contribution in [0.2, 0.25) is 0 Å². The molecule has 0 aliphatic rings. The maximum atomic E-state index is 5.42. The van der Waals surface area contributed by atoms with Gasteiger partial charge in [-0.25, -0.2) is 0 Å². The average molecular weight is 204 g/mol. The lowest BCUT2D eigenvalue weighted by Crippen LogP contribution is -1.95. The molecule has 0 N–H and O–H groups in total. The number of benzene rings is 1. The summed E-state index contributed by atoms with van der Waals surface area (Å²) in [5.41, 5.74) is 2.68. The SMILES string of the molecule is CC=C(c1ccc(OCC)cc1)C(C)C. The van der Waals surface area contributed by atoms with E-state index in [2.05, 4.69) is 39.0 Å². The van der Waals surface area contributed by atoms with Crippen LogP contribution in [0.3, 0.4) is 0 Å². The van der Waals surface area contributed by atoms with E-state index in [1.54, 1.807) is 0 Å². The van der Waals surface area contributed by atoms with E-state index in [9.17, 15) is 0 Å². The van der Waals surface area contributed by atoms with E-state index in [0.717, 1.165) is 12.4 Å². The Morgan fingerprint density at radius 1 is 1.27 bits per heavy atom. The average Bonchev–Trinajstić information content (AvgIpc) is 2.21. The van der Waals surface area contributed by atoms with Gasteiger partial charge in [0.05, 0.1) is 6.61 Å². The van der Waals surface area contributed by atoms with Gasteiger partial charge in [-0.05, 0) is 43.0 Å². The number of rotatable bonds is 4. The maximum absolute atomic E-state index is 5.42. The molecule has 0 radical (unpaired) electrons. The van der Waals surface area contributed by atoms with E-state index in [4.69, 9.17) is 4.74 Å². The van der Waals surface area contributed by atoms with Crippen molar-refractivity contribution in [3.05, 3.63) is 35.9 Å². The summed E-state index contributed by atoms with van der Waals surface area (Å²) in [6.07, 6.45) is 2.18. The first kappa shape index (κ1) is 11.8. The zero-order valence-electron chi connectivity index (χ0n) is 10.1. The molecule has 1 heteroatoms. The summed E-state index contributed by atoms with van der Waals surface area (Å²) in [4.78, 5) is 0. The summed E-state index contributed by atoms with van der Waals surface area (Å²) in [6.45, 7) is 9.24. The van der Waals surface area contributed by atoms with Gasteiger partial charge < -0.3 is 4.74 Å². The van der Waals surface area contributed by atoms with Gasteiger partial charge in [0, 0.05) is 0 Å². The number of hydrogen-bond donors (Lipinski definition) is 0. The van der Waals surface area contributed by atoms with Crippen LogP contribution in [0.15, 0.2) is 30.3 Å². The molecular weight excluding hydrogens is 184 g/mol. The van der Waals surface area contributed by atoms with Crippen LogP contribution in [0.4, 0.5) is 0 Å². The molecule has 1 aromatic rings. The van der Waals surface area contributed by atoms with Crippen LogP contribution in [0.1, 0.15) is 33.3 Å². The molecular formula is C14H20O. The minimum Gasteiger partial charge on any atom is -0.494 e. The smallest absolute Gasteiger partial charge is 0.119 e. The Morgan fingerprint density at radius 2 is 1.87 bits per heavy atom. The van der Waals surface area contributed by atoms with Gasteiger partial charge in [0.25, 0.3) is 0 Å². The highest BCUT2D eigenvalue weighted by atomic mass is 16.5. The van der Waals surface area contributed by atoms with E-state index in [1.807, 2.05) is 19.1 Å². The van der Waals surface area contributed by atoms with Crippen LogP contribution >= 0.6 is 0 Å². The first-order valence-corrected chi connectivity index (χ1v) is 5.58. The van der Waals surface area contributed by atoms with Gasteiger partial charge in [-0.3, -0.25) is 0 Å². The molecule has 0 unspecified atom stereocenters. The zero-order chi connectivity index (χ0) is 11.3. The fraction of sp³-hybridized carbons (Fsp3) is 0.429. The lowest BCUT2D eigenvalue weighted by Gasteiger charge is -2.11. The Labute approximate surface area is 92.8 Å². The summed E-state index contributed by atoms with van der Waals surface area (Å²) in [5, 5.41) is 0. The molecule has 0 saturated heterocycles. The molecule has 0 atom stereocenters. The summed E-state index contributed by atoms with van der Waals surface area (Å²) in [7, 11) is 0. The highest BCUT2D eigenvalue weighted by molar-refractivity contribution is 5.67. The van der Waals surface area contributed by atoms with Crippen molar-refractivity contribution >= 4 is 5.57 Å². The first-order valence-electron chi connectivity index (χ1n) is 5.58. The Morgan fingerprint density at radius 3 is 2.27 bits per heavy atom. The normalized spacial score (nSPS) is 11.9. The van der Waals surface area contributed by atoms with Gasteiger partial charge >= 0.3 is 0 Å². The second-order valence-corrected chi connectivity index (χ2v) is 3.86. The largest absolute Gasteiger partial charge is 0.494 e. The quantitative estimate of drug-likeness (QED) is 0.716. The molecule has 0 aromatic heterocycles. The standard InChI is InChI=1S/C14H20O/c1-5-14(11(3)4)12-7-9-13(10-8-12)15-6-2/h5,7-11H,6H2,1-4H3. The van der Waals surface area contributed by atoms with Crippen LogP contribution in [0.5, 0.6) is 5.75 Å². The topological polar surface area (TPSA) is 9.23 Å². The predicted molar refractivity (Wildman–Crippen MR) is 66.1 cm³/mol. The molecule has 0 fully saturated rings. The van der Waals surface area contributed by atoms with Gasteiger partial charge in [0.2, 0.25) is 0 Å². The van der Waals surface area contributed by atoms with E-state index in [1.165, 1.54) is 11.1 Å². The maximum Gasteiger partial charge on any atom is 0.119 e. The third-order valence-electron chi connectivity index (χ3n) is 2.43. The minimum absolute atomic E-state index is 0.563. The third kappa shape index (κ3) is 3.12. The molecule has 15 heavy (non-hydrogen) atoms. The van der Waals surface area contributed by atoms with Crippen molar-refractivity contribution < 1.29 is 4.74 Å². The van der Waals surface area contributed by atoms with Gasteiger partial charge in [0.15, 0.2) is 0 Å². The fourth-order valence-corrected chi connectivity index (χ4v) is 1.74. The van der Waals surface area contributed by atoms with Crippen molar-refractivity contribution in [3.63, 3.8) is 0 Å². The zero-order valence-corrected chi connectivity index (χ0v) is 10.1. The predicted octanol–water partition coefficient (Wildman–Crippen LogP) is 4.14. The monoisotopic (exact) mass is 204 g/mol. The molecule has 1 aromatic carbocycles. The highest BCUT2D eigenvalue weighted by Crippen LogP contribution is 2.24. The molecule has 1 rings (SSSR count). The molecule has 1 nitrogen and oxygen atoms in total. The molecule has 0 aliphatic heterocycles. The Balaban J connectivity index is 2.88. The molecule has 82 valence electrons. The van der Waals surface area contributed by atoms with E-state index >= 15 is 0 Å². The number of ether oxygens (including phenoxy) is 1. The van der Waals surface area contributed by atoms with Crippen LogP contribution in [-0.2, 0) is 0 Å². The van der Waals surface area contributed by atoms with Crippen LogP contribution in [0.25, 0.3) is 5.57 Å². The highest BCUT2D eigenvalue weighted by Gasteiger charge is 2.04. The van der Waals surface area contributed by atoms with Crippen LogP contribution in [-0.4, -0.2) is 6.61 Å². The van der Waals surface area contributed by atoms with Crippen molar-refractivity contribution in [2.75, 3.05) is 6.61 Å². The molecule has 0 spiro atoms. The van der Waals surface area contributed by atoms with Gasteiger partial charge in [-0.15, -0.1) is 0 Å². The minimum atomic E-state index is 0.563. The van der Waals surface area contributed by atoms with Gasteiger partial charge in [-0.1, -0.05) is 32.1 Å². The van der Waals surface area contributed by atoms with Crippen LogP contribution in [0, 0.1) is 5.92 Å². The summed E-state index contributed by atoms with van der Waals surface area (Å²) >= 11 is 0. The van der Waals surface area contributed by atoms with E-state index < -0.39 is 0 Å². The first-order chi connectivity index (χ1) is 7.19. The summed E-state index contributed by atoms with van der Waals surface area (Å²) in [6, 6.07) is 8.32. The van der Waals surface area contributed by atoms with Crippen molar-refractivity contribution in [1.82, 2.24) is 0 Å². The Bertz CT molecular complexity index is 320. The second-order valence-electron chi connectivity index (χ2n) is 3.86. The summed E-state index contributed by atoms with van der Waals surface area (Å²) < 4.78 is 5.42. The molecule has 0 bridgehead atoms. The number of hydrogen-bond acceptors (Lipinski definition) is 1. The van der Waals surface area contributed by atoms with E-state index in [0.29, 0.717) is 5.92 Å². The number of allylic oxidation sites excluding steroid dienone is 2. The second kappa shape index (κ2) is 5.59. The van der Waals surface area contributed by atoms with Crippen molar-refractivity contribution in [2.45, 2.75) is 27.7 Å². The molecule has 0 aliphatic carbocycles. The molecule has 0 heterocycles. The Hall–Kier alpha value is -1.24. The lowest BCUT2D eigenvalue weighted by atomic mass is 9.95. The van der Waals surface area contributed by atoms with Gasteiger partial charge in [0.1, 0.15) is 5.75 Å². The fourth-order valence-electron chi connectivity index (χ4n) is 1.74. The molecule has 0 amide bonds. The van der Waals surface area contributed by atoms with Crippen molar-refractivity contribution in [3.8, 4) is 5.75 Å². The van der Waals surface area contributed by atoms with Crippen molar-refractivity contribution in [2.24, 2.45) is 5.92 Å². The van der Waals surface area contributed by atoms with Gasteiger partial charge in [-0.2, -0.15) is 0 Å². The van der Waals surface area contributed by atoms with E-state index in [-0.39, 0.29) is 0 Å².